The number of ether oxygens (including phenoxy) is 1. The molecule has 0 radical (unpaired) electrons. The number of methoxy groups -OCH3 is 1. The van der Waals surface area contributed by atoms with Crippen molar-refractivity contribution in [2.24, 2.45) is 5.92 Å². The van der Waals surface area contributed by atoms with Crippen LogP contribution in [0.15, 0.2) is 24.3 Å². The second kappa shape index (κ2) is 8.53. The van der Waals surface area contributed by atoms with Crippen molar-refractivity contribution in [3.05, 3.63) is 35.4 Å². The number of benzene rings is 1. The first kappa shape index (κ1) is 20.2. The summed E-state index contributed by atoms with van der Waals surface area (Å²) in [5.74, 6) is -1.52. The molecule has 1 aliphatic rings. The van der Waals surface area contributed by atoms with Crippen molar-refractivity contribution in [1.82, 2.24) is 5.32 Å². The van der Waals surface area contributed by atoms with Crippen molar-refractivity contribution in [2.75, 3.05) is 7.11 Å². The van der Waals surface area contributed by atoms with E-state index in [1.54, 1.807) is 0 Å². The molecule has 1 saturated carbocycles. The quantitative estimate of drug-likeness (QED) is 0.778. The number of rotatable bonds is 5. The summed E-state index contributed by atoms with van der Waals surface area (Å²) in [7, 11) is 1.22. The number of carbonyl (C=O) groups is 2. The van der Waals surface area contributed by atoms with E-state index in [1.807, 2.05) is 0 Å². The van der Waals surface area contributed by atoms with Crippen LogP contribution in [0, 0.1) is 5.92 Å². The number of carbonyl (C=O) groups excluding carboxylic acids is 2. The molecule has 8 heteroatoms. The van der Waals surface area contributed by atoms with Crippen molar-refractivity contribution >= 4 is 11.9 Å². The summed E-state index contributed by atoms with van der Waals surface area (Å²) < 4.78 is 42.5. The van der Waals surface area contributed by atoms with E-state index >= 15 is 0 Å². The summed E-state index contributed by atoms with van der Waals surface area (Å²) in [5, 5.41) is 12.6. The van der Waals surface area contributed by atoms with Gasteiger partial charge in [-0.25, -0.2) is 4.79 Å². The maximum absolute atomic E-state index is 12.6. The molecule has 26 heavy (non-hydrogen) atoms. The van der Waals surface area contributed by atoms with Gasteiger partial charge < -0.3 is 15.2 Å². The van der Waals surface area contributed by atoms with Crippen molar-refractivity contribution in [1.29, 1.82) is 0 Å². The van der Waals surface area contributed by atoms with E-state index < -0.39 is 35.8 Å². The molecule has 0 aliphatic heterocycles. The molecule has 2 atom stereocenters. The number of nitrogens with one attached hydrogen (secondary N) is 1. The Morgan fingerprint density at radius 2 is 1.73 bits per heavy atom. The number of hydrogen-bond donors (Lipinski definition) is 2. The number of hydrogen-bond acceptors (Lipinski definition) is 4. The number of aliphatic hydroxyl groups excluding tert-OH is 1. The van der Waals surface area contributed by atoms with Crippen LogP contribution in [-0.2, 0) is 20.5 Å². The summed E-state index contributed by atoms with van der Waals surface area (Å²) >= 11 is 0. The lowest BCUT2D eigenvalue weighted by atomic mass is 9.83. The van der Waals surface area contributed by atoms with Crippen LogP contribution >= 0.6 is 0 Å². The van der Waals surface area contributed by atoms with Crippen LogP contribution in [0.25, 0.3) is 0 Å². The van der Waals surface area contributed by atoms with Crippen LogP contribution in [0.1, 0.15) is 49.3 Å². The minimum absolute atomic E-state index is 0.0164. The van der Waals surface area contributed by atoms with Crippen LogP contribution in [0.5, 0.6) is 0 Å². The number of alkyl halides is 3. The molecule has 1 aromatic carbocycles. The average molecular weight is 373 g/mol. The average Bonchev–Trinajstić information content (AvgIpc) is 2.64. The minimum atomic E-state index is -4.50. The molecule has 0 heterocycles. The third kappa shape index (κ3) is 4.97. The van der Waals surface area contributed by atoms with Gasteiger partial charge in [-0.1, -0.05) is 31.4 Å². The summed E-state index contributed by atoms with van der Waals surface area (Å²) in [6, 6.07) is 2.80. The Balaban J connectivity index is 2.08. The van der Waals surface area contributed by atoms with Gasteiger partial charge in [-0.15, -0.1) is 0 Å². The fraction of sp³-hybridized carbons (Fsp3) is 0.556. The van der Waals surface area contributed by atoms with Gasteiger partial charge in [0.05, 0.1) is 12.7 Å². The first-order valence-corrected chi connectivity index (χ1v) is 8.47. The van der Waals surface area contributed by atoms with Crippen molar-refractivity contribution in [3.63, 3.8) is 0 Å². The van der Waals surface area contributed by atoms with Crippen molar-refractivity contribution in [3.8, 4) is 0 Å². The number of esters is 1. The highest BCUT2D eigenvalue weighted by molar-refractivity contribution is 5.87. The molecule has 144 valence electrons. The molecule has 0 unspecified atom stereocenters. The zero-order valence-electron chi connectivity index (χ0n) is 14.4. The largest absolute Gasteiger partial charge is 0.467 e. The van der Waals surface area contributed by atoms with Gasteiger partial charge >= 0.3 is 12.1 Å². The van der Waals surface area contributed by atoms with Crippen molar-refractivity contribution in [2.45, 2.75) is 50.4 Å². The van der Waals surface area contributed by atoms with Gasteiger partial charge in [0.1, 0.15) is 6.04 Å². The molecule has 0 saturated heterocycles. The molecule has 5 nitrogen and oxygen atoms in total. The maximum atomic E-state index is 12.6. The molecule has 0 aromatic heterocycles. The zero-order valence-corrected chi connectivity index (χ0v) is 14.4. The van der Waals surface area contributed by atoms with E-state index in [-0.39, 0.29) is 11.5 Å². The standard InChI is InChI=1S/C18H22F3NO4/c1-26-17(25)14(11-5-3-2-4-6-11)22-16(24)15(23)12-7-9-13(10-8-12)18(19,20)21/h7-11,14-15,23H,2-6H2,1H3,(H,22,24)/t14-,15+/m0/s1. The van der Waals surface area contributed by atoms with Crippen molar-refractivity contribution < 1.29 is 32.6 Å². The van der Waals surface area contributed by atoms with Gasteiger partial charge in [0, 0.05) is 0 Å². The predicted molar refractivity (Wildman–Crippen MR) is 86.9 cm³/mol. The Hall–Kier alpha value is -2.09. The molecule has 2 rings (SSSR count). The van der Waals surface area contributed by atoms with E-state index in [4.69, 9.17) is 4.74 Å². The lowest BCUT2D eigenvalue weighted by molar-refractivity contribution is -0.148. The third-order valence-corrected chi connectivity index (χ3v) is 4.68. The van der Waals surface area contributed by atoms with Gasteiger partial charge in [0.2, 0.25) is 0 Å². The van der Waals surface area contributed by atoms with Gasteiger partial charge in [-0.3, -0.25) is 4.79 Å². The monoisotopic (exact) mass is 373 g/mol. The maximum Gasteiger partial charge on any atom is 0.416 e. The summed E-state index contributed by atoms with van der Waals surface area (Å²) in [5.41, 5.74) is -0.855. The Bertz CT molecular complexity index is 624. The molecular formula is C18H22F3NO4. The SMILES string of the molecule is COC(=O)[C@@H](NC(=O)[C@H](O)c1ccc(C(F)(F)F)cc1)C1CCCCC1. The van der Waals surface area contributed by atoms with E-state index in [1.165, 1.54) is 7.11 Å². The smallest absolute Gasteiger partial charge is 0.416 e. The van der Waals surface area contributed by atoms with Gasteiger partial charge in [0.15, 0.2) is 6.10 Å². The van der Waals surface area contributed by atoms with Crippen LogP contribution in [0.2, 0.25) is 0 Å². The Kier molecular flexibility index (Phi) is 6.63. The predicted octanol–water partition coefficient (Wildman–Crippen LogP) is 2.98. The summed E-state index contributed by atoms with van der Waals surface area (Å²) in [4.78, 5) is 24.3. The highest BCUT2D eigenvalue weighted by Gasteiger charge is 2.34. The van der Waals surface area contributed by atoms with Gasteiger partial charge in [-0.05, 0) is 36.5 Å². The molecule has 0 spiro atoms. The molecule has 1 aliphatic carbocycles. The first-order valence-electron chi connectivity index (χ1n) is 8.47. The fourth-order valence-electron chi connectivity index (χ4n) is 3.20. The second-order valence-electron chi connectivity index (χ2n) is 6.43. The zero-order chi connectivity index (χ0) is 19.3. The van der Waals surface area contributed by atoms with Crippen LogP contribution in [0.4, 0.5) is 13.2 Å². The van der Waals surface area contributed by atoms with Gasteiger partial charge in [-0.2, -0.15) is 13.2 Å². The van der Waals surface area contributed by atoms with E-state index in [0.717, 1.165) is 56.4 Å². The molecule has 2 N–H and O–H groups in total. The van der Waals surface area contributed by atoms with E-state index in [0.29, 0.717) is 0 Å². The highest BCUT2D eigenvalue weighted by atomic mass is 19.4. The lowest BCUT2D eigenvalue weighted by Crippen LogP contribution is -2.48. The molecular weight excluding hydrogens is 351 g/mol. The normalized spacial score (nSPS) is 18.0. The van der Waals surface area contributed by atoms with Gasteiger partial charge in [0.25, 0.3) is 5.91 Å². The fourth-order valence-corrected chi connectivity index (χ4v) is 3.20. The van der Waals surface area contributed by atoms with Crippen LogP contribution < -0.4 is 5.32 Å². The number of amides is 1. The highest BCUT2D eigenvalue weighted by Crippen LogP contribution is 2.30. The topological polar surface area (TPSA) is 75.6 Å². The van der Waals surface area contributed by atoms with E-state index in [2.05, 4.69) is 5.32 Å². The van der Waals surface area contributed by atoms with Crippen LogP contribution in [0.3, 0.4) is 0 Å². The first-order chi connectivity index (χ1) is 12.2. The van der Waals surface area contributed by atoms with Crippen LogP contribution in [-0.4, -0.2) is 30.1 Å². The molecule has 1 fully saturated rings. The number of aliphatic hydroxyl groups is 1. The third-order valence-electron chi connectivity index (χ3n) is 4.68. The summed E-state index contributed by atoms with van der Waals surface area (Å²) in [6.45, 7) is 0. The molecule has 0 bridgehead atoms. The number of halogens is 3. The van der Waals surface area contributed by atoms with E-state index in [9.17, 15) is 27.9 Å². The minimum Gasteiger partial charge on any atom is -0.467 e. The Morgan fingerprint density at radius 1 is 1.15 bits per heavy atom. The molecule has 1 amide bonds. The lowest BCUT2D eigenvalue weighted by Gasteiger charge is -2.29. The second-order valence-corrected chi connectivity index (χ2v) is 6.43. The summed E-state index contributed by atoms with van der Waals surface area (Å²) in [6.07, 6.45) is -1.71. The molecule has 1 aromatic rings. The Labute approximate surface area is 149 Å². The Morgan fingerprint density at radius 3 is 2.23 bits per heavy atom.